The van der Waals surface area contributed by atoms with Crippen molar-refractivity contribution in [2.45, 2.75) is 36.4 Å². The number of aromatic nitrogens is 2. The van der Waals surface area contributed by atoms with E-state index in [2.05, 4.69) is 41.3 Å². The van der Waals surface area contributed by atoms with Crippen molar-refractivity contribution in [3.8, 4) is 0 Å². The molecule has 0 fully saturated rings. The third kappa shape index (κ3) is 4.13. The highest BCUT2D eigenvalue weighted by Gasteiger charge is 2.00. The summed E-state index contributed by atoms with van der Waals surface area (Å²) in [6.07, 6.45) is 5.52. The van der Waals surface area contributed by atoms with E-state index < -0.39 is 0 Å². The topological polar surface area (TPSA) is 37.8 Å². The fourth-order valence-electron chi connectivity index (χ4n) is 1.42. The van der Waals surface area contributed by atoms with Crippen LogP contribution in [0.5, 0.6) is 0 Å². The van der Waals surface area contributed by atoms with Gasteiger partial charge in [-0.05, 0) is 23.8 Å². The van der Waals surface area contributed by atoms with Gasteiger partial charge in [0.2, 0.25) is 0 Å². The standard InChI is InChI=1S/C14H17N3S/c1-11(2)16-9-12-3-4-14(17-10-12)18-13-5-7-15-8-6-13/h3-8,10-11,16H,9H2,1-2H3. The van der Waals surface area contributed by atoms with E-state index in [1.54, 1.807) is 24.2 Å². The second-order valence-electron chi connectivity index (χ2n) is 4.33. The Labute approximate surface area is 112 Å². The quantitative estimate of drug-likeness (QED) is 0.895. The van der Waals surface area contributed by atoms with Crippen molar-refractivity contribution < 1.29 is 0 Å². The number of nitrogens with one attached hydrogen (secondary N) is 1. The van der Waals surface area contributed by atoms with Crippen LogP contribution in [0.3, 0.4) is 0 Å². The average molecular weight is 259 g/mol. The molecule has 0 amide bonds. The van der Waals surface area contributed by atoms with Crippen LogP contribution in [-0.2, 0) is 6.54 Å². The molecule has 2 aromatic heterocycles. The maximum atomic E-state index is 4.45. The first-order valence-corrected chi connectivity index (χ1v) is 6.82. The van der Waals surface area contributed by atoms with E-state index in [1.165, 1.54) is 5.56 Å². The zero-order valence-corrected chi connectivity index (χ0v) is 11.4. The first-order valence-electron chi connectivity index (χ1n) is 6.00. The van der Waals surface area contributed by atoms with E-state index in [4.69, 9.17) is 0 Å². The van der Waals surface area contributed by atoms with Gasteiger partial charge in [0.15, 0.2) is 0 Å². The molecule has 0 radical (unpaired) electrons. The van der Waals surface area contributed by atoms with Gasteiger partial charge in [-0.2, -0.15) is 0 Å². The fourth-order valence-corrected chi connectivity index (χ4v) is 2.17. The maximum absolute atomic E-state index is 4.45. The molecule has 0 unspecified atom stereocenters. The molecule has 2 rings (SSSR count). The molecular weight excluding hydrogens is 242 g/mol. The molecule has 2 heterocycles. The SMILES string of the molecule is CC(C)NCc1ccc(Sc2ccncc2)nc1. The summed E-state index contributed by atoms with van der Waals surface area (Å²) in [4.78, 5) is 9.61. The van der Waals surface area contributed by atoms with Crippen molar-refractivity contribution in [3.05, 3.63) is 48.4 Å². The lowest BCUT2D eigenvalue weighted by molar-refractivity contribution is 0.587. The Morgan fingerprint density at radius 1 is 1.17 bits per heavy atom. The van der Waals surface area contributed by atoms with Crippen LogP contribution in [0.1, 0.15) is 19.4 Å². The van der Waals surface area contributed by atoms with Crippen LogP contribution in [0.25, 0.3) is 0 Å². The van der Waals surface area contributed by atoms with Crippen molar-refractivity contribution in [2.24, 2.45) is 0 Å². The third-order valence-corrected chi connectivity index (χ3v) is 3.34. The minimum atomic E-state index is 0.496. The molecule has 0 aliphatic rings. The van der Waals surface area contributed by atoms with Gasteiger partial charge in [-0.25, -0.2) is 4.98 Å². The summed E-state index contributed by atoms with van der Waals surface area (Å²) in [5, 5.41) is 4.38. The smallest absolute Gasteiger partial charge is 0.101 e. The minimum Gasteiger partial charge on any atom is -0.310 e. The normalized spacial score (nSPS) is 10.8. The first-order chi connectivity index (χ1) is 8.74. The molecule has 0 aliphatic heterocycles. The summed E-state index contributed by atoms with van der Waals surface area (Å²) in [6.45, 7) is 5.15. The van der Waals surface area contributed by atoms with Gasteiger partial charge in [-0.1, -0.05) is 31.7 Å². The van der Waals surface area contributed by atoms with E-state index in [0.29, 0.717) is 6.04 Å². The molecule has 2 aromatic rings. The summed E-state index contributed by atoms with van der Waals surface area (Å²) in [5.74, 6) is 0. The van der Waals surface area contributed by atoms with Crippen molar-refractivity contribution in [1.29, 1.82) is 0 Å². The van der Waals surface area contributed by atoms with Gasteiger partial charge in [-0.15, -0.1) is 0 Å². The molecule has 4 heteroatoms. The second kappa shape index (κ2) is 6.52. The third-order valence-electron chi connectivity index (χ3n) is 2.38. The Hall–Kier alpha value is -1.39. The molecule has 0 saturated heterocycles. The van der Waals surface area contributed by atoms with Crippen molar-refractivity contribution in [2.75, 3.05) is 0 Å². The second-order valence-corrected chi connectivity index (χ2v) is 5.42. The highest BCUT2D eigenvalue weighted by Crippen LogP contribution is 2.24. The summed E-state index contributed by atoms with van der Waals surface area (Å²) in [6, 6.07) is 8.64. The summed E-state index contributed by atoms with van der Waals surface area (Å²) < 4.78 is 0. The van der Waals surface area contributed by atoms with Gasteiger partial charge in [0.25, 0.3) is 0 Å². The van der Waals surface area contributed by atoms with E-state index in [-0.39, 0.29) is 0 Å². The summed E-state index contributed by atoms with van der Waals surface area (Å²) >= 11 is 1.65. The van der Waals surface area contributed by atoms with E-state index in [9.17, 15) is 0 Å². The van der Waals surface area contributed by atoms with E-state index in [1.807, 2.05) is 18.3 Å². The van der Waals surface area contributed by atoms with Crippen molar-refractivity contribution in [3.63, 3.8) is 0 Å². The largest absolute Gasteiger partial charge is 0.310 e. The highest BCUT2D eigenvalue weighted by atomic mass is 32.2. The van der Waals surface area contributed by atoms with E-state index in [0.717, 1.165) is 16.5 Å². The molecule has 0 bridgehead atoms. The van der Waals surface area contributed by atoms with Crippen LogP contribution in [0.4, 0.5) is 0 Å². The molecule has 1 N–H and O–H groups in total. The number of pyridine rings is 2. The van der Waals surface area contributed by atoms with Crippen molar-refractivity contribution in [1.82, 2.24) is 15.3 Å². The zero-order valence-electron chi connectivity index (χ0n) is 10.6. The fraction of sp³-hybridized carbons (Fsp3) is 0.286. The molecule has 18 heavy (non-hydrogen) atoms. The number of hydrogen-bond acceptors (Lipinski definition) is 4. The number of hydrogen-bond donors (Lipinski definition) is 1. The monoisotopic (exact) mass is 259 g/mol. The molecule has 0 atom stereocenters. The molecular formula is C14H17N3S. The van der Waals surface area contributed by atoms with Crippen molar-refractivity contribution >= 4 is 11.8 Å². The van der Waals surface area contributed by atoms with Gasteiger partial charge in [0.05, 0.1) is 0 Å². The Balaban J connectivity index is 1.95. The number of rotatable bonds is 5. The summed E-state index contributed by atoms with van der Waals surface area (Å²) in [5.41, 5.74) is 1.21. The maximum Gasteiger partial charge on any atom is 0.101 e. The minimum absolute atomic E-state index is 0.496. The lowest BCUT2D eigenvalue weighted by Crippen LogP contribution is -2.21. The van der Waals surface area contributed by atoms with Gasteiger partial charge in [0, 0.05) is 36.1 Å². The lowest BCUT2D eigenvalue weighted by atomic mass is 10.2. The average Bonchev–Trinajstić information content (AvgIpc) is 2.39. The Bertz CT molecular complexity index is 468. The first kappa shape index (κ1) is 13.1. The van der Waals surface area contributed by atoms with Crippen LogP contribution >= 0.6 is 11.8 Å². The van der Waals surface area contributed by atoms with Crippen LogP contribution in [0, 0.1) is 0 Å². The molecule has 0 aliphatic carbocycles. The van der Waals surface area contributed by atoms with Gasteiger partial charge < -0.3 is 5.32 Å². The lowest BCUT2D eigenvalue weighted by Gasteiger charge is -2.08. The van der Waals surface area contributed by atoms with Gasteiger partial charge in [-0.3, -0.25) is 4.98 Å². The van der Waals surface area contributed by atoms with Crippen LogP contribution in [0.2, 0.25) is 0 Å². The Morgan fingerprint density at radius 3 is 2.56 bits per heavy atom. The Kier molecular flexibility index (Phi) is 4.73. The van der Waals surface area contributed by atoms with Gasteiger partial charge >= 0.3 is 0 Å². The van der Waals surface area contributed by atoms with Crippen LogP contribution in [0.15, 0.2) is 52.8 Å². The molecule has 0 spiro atoms. The number of nitrogens with zero attached hydrogens (tertiary/aromatic N) is 2. The Morgan fingerprint density at radius 2 is 1.94 bits per heavy atom. The molecule has 3 nitrogen and oxygen atoms in total. The molecule has 0 saturated carbocycles. The highest BCUT2D eigenvalue weighted by molar-refractivity contribution is 7.99. The zero-order chi connectivity index (χ0) is 12.8. The molecule has 0 aromatic carbocycles. The molecule has 94 valence electrons. The van der Waals surface area contributed by atoms with Crippen LogP contribution < -0.4 is 5.32 Å². The van der Waals surface area contributed by atoms with Crippen LogP contribution in [-0.4, -0.2) is 16.0 Å². The van der Waals surface area contributed by atoms with E-state index >= 15 is 0 Å². The predicted octanol–water partition coefficient (Wildman–Crippen LogP) is 3.13. The summed E-state index contributed by atoms with van der Waals surface area (Å²) in [7, 11) is 0. The van der Waals surface area contributed by atoms with Gasteiger partial charge in [0.1, 0.15) is 5.03 Å². The predicted molar refractivity (Wildman–Crippen MR) is 74.6 cm³/mol.